The number of methoxy groups -OCH3 is 1. The lowest BCUT2D eigenvalue weighted by atomic mass is 10.1. The number of esters is 1. The Bertz CT molecular complexity index is 683. The topological polar surface area (TPSA) is 94.6 Å². The number of nitriles is 1. The third-order valence-corrected chi connectivity index (χ3v) is 3.61. The molecule has 0 atom stereocenters. The van der Waals surface area contributed by atoms with Gasteiger partial charge in [0.15, 0.2) is 18.1 Å². The fourth-order valence-corrected chi connectivity index (χ4v) is 2.48. The van der Waals surface area contributed by atoms with Gasteiger partial charge < -0.3 is 19.9 Å². The summed E-state index contributed by atoms with van der Waals surface area (Å²) >= 11 is 6.87. The monoisotopic (exact) mass is 446 g/mol. The number of nitrogens with two attached hydrogens (primary N) is 1. The highest BCUT2D eigenvalue weighted by Gasteiger charge is 2.14. The second-order valence-electron chi connectivity index (χ2n) is 4.16. The van der Waals surface area contributed by atoms with Gasteiger partial charge in [-0.3, -0.25) is 0 Å². The van der Waals surface area contributed by atoms with E-state index >= 15 is 0 Å². The average molecular weight is 446 g/mol. The van der Waals surface area contributed by atoms with Crippen LogP contribution in [-0.2, 0) is 9.53 Å². The zero-order chi connectivity index (χ0) is 17.4. The zero-order valence-corrected chi connectivity index (χ0v) is 15.6. The molecule has 0 aromatic heterocycles. The molecule has 122 valence electrons. The highest BCUT2D eigenvalue weighted by atomic mass is 127. The number of ether oxygens (including phenoxy) is 3. The Morgan fingerprint density at radius 3 is 2.70 bits per heavy atom. The van der Waals surface area contributed by atoms with Gasteiger partial charge in [0.1, 0.15) is 11.1 Å². The maximum atomic E-state index is 11.2. The Morgan fingerprint density at radius 2 is 2.17 bits per heavy atom. The van der Waals surface area contributed by atoms with E-state index in [1.165, 1.54) is 7.11 Å². The van der Waals surface area contributed by atoms with Crippen LogP contribution in [0.1, 0.15) is 12.5 Å². The second-order valence-corrected chi connectivity index (χ2v) is 5.76. The summed E-state index contributed by atoms with van der Waals surface area (Å²) in [6.45, 7) is 2.02. The lowest BCUT2D eigenvalue weighted by Gasteiger charge is -2.14. The molecule has 0 amide bonds. The van der Waals surface area contributed by atoms with Crippen molar-refractivity contribution >= 4 is 51.8 Å². The summed E-state index contributed by atoms with van der Waals surface area (Å²) in [6, 6.07) is 5.40. The quantitative estimate of drug-likeness (QED) is 0.226. The average Bonchev–Trinajstić information content (AvgIpc) is 2.51. The Labute approximate surface area is 153 Å². The summed E-state index contributed by atoms with van der Waals surface area (Å²) in [5.74, 6) is 0.395. The van der Waals surface area contributed by atoms with E-state index in [0.29, 0.717) is 27.2 Å². The van der Waals surface area contributed by atoms with Crippen molar-refractivity contribution < 1.29 is 19.0 Å². The summed E-state index contributed by atoms with van der Waals surface area (Å²) in [4.78, 5) is 11.2. The van der Waals surface area contributed by atoms with E-state index in [-0.39, 0.29) is 17.2 Å². The molecule has 0 bridgehead atoms. The van der Waals surface area contributed by atoms with Gasteiger partial charge in [-0.05, 0) is 53.3 Å². The molecule has 0 unspecified atom stereocenters. The third-order valence-electron chi connectivity index (χ3n) is 2.59. The van der Waals surface area contributed by atoms with Crippen LogP contribution in [0.4, 0.5) is 0 Å². The lowest BCUT2D eigenvalue weighted by molar-refractivity contribution is -0.142. The van der Waals surface area contributed by atoms with Crippen molar-refractivity contribution in [3.8, 4) is 17.6 Å². The Kier molecular flexibility index (Phi) is 7.77. The Morgan fingerprint density at radius 1 is 1.48 bits per heavy atom. The van der Waals surface area contributed by atoms with Gasteiger partial charge >= 0.3 is 5.97 Å². The highest BCUT2D eigenvalue weighted by molar-refractivity contribution is 14.1. The first-order valence-corrected chi connectivity index (χ1v) is 7.99. The number of halogens is 1. The Balaban J connectivity index is 3.23. The van der Waals surface area contributed by atoms with E-state index in [2.05, 4.69) is 27.3 Å². The molecule has 1 aromatic rings. The van der Waals surface area contributed by atoms with Gasteiger partial charge in [-0.2, -0.15) is 5.26 Å². The van der Waals surface area contributed by atoms with Crippen LogP contribution in [0.3, 0.4) is 0 Å². The summed E-state index contributed by atoms with van der Waals surface area (Å²) in [7, 11) is 1.28. The first-order valence-electron chi connectivity index (χ1n) is 6.50. The van der Waals surface area contributed by atoms with Crippen LogP contribution in [0.15, 0.2) is 17.7 Å². The molecule has 0 saturated heterocycles. The minimum Gasteiger partial charge on any atom is -0.490 e. The summed E-state index contributed by atoms with van der Waals surface area (Å²) < 4.78 is 16.3. The molecular formula is C15H15IN2O4S. The van der Waals surface area contributed by atoms with Crippen LogP contribution in [-0.4, -0.2) is 31.3 Å². The van der Waals surface area contributed by atoms with E-state index in [9.17, 15) is 4.79 Å². The van der Waals surface area contributed by atoms with Gasteiger partial charge in [0.25, 0.3) is 0 Å². The van der Waals surface area contributed by atoms with Gasteiger partial charge in [-0.25, -0.2) is 4.79 Å². The third kappa shape index (κ3) is 5.69. The number of thiocarbonyl (C=S) groups is 1. The molecule has 1 aromatic carbocycles. The zero-order valence-electron chi connectivity index (χ0n) is 12.6. The Hall–Kier alpha value is -1.86. The molecule has 0 saturated carbocycles. The molecule has 1 rings (SSSR count). The molecule has 2 N–H and O–H groups in total. The molecule has 0 aliphatic carbocycles. The van der Waals surface area contributed by atoms with E-state index in [4.69, 9.17) is 32.7 Å². The minimum atomic E-state index is -0.493. The number of hydrogen-bond acceptors (Lipinski definition) is 6. The summed E-state index contributed by atoms with van der Waals surface area (Å²) in [6.07, 6.45) is 1.57. The van der Waals surface area contributed by atoms with Crippen molar-refractivity contribution in [3.05, 3.63) is 26.8 Å². The van der Waals surface area contributed by atoms with E-state index in [1.807, 2.05) is 13.0 Å². The van der Waals surface area contributed by atoms with Crippen LogP contribution >= 0.6 is 34.8 Å². The van der Waals surface area contributed by atoms with Crippen LogP contribution in [0.2, 0.25) is 0 Å². The predicted octanol–water partition coefficient (Wildman–Crippen LogP) is 2.43. The van der Waals surface area contributed by atoms with Crippen molar-refractivity contribution in [2.45, 2.75) is 6.92 Å². The highest BCUT2D eigenvalue weighted by Crippen LogP contribution is 2.35. The van der Waals surface area contributed by atoms with Gasteiger partial charge in [-0.15, -0.1) is 0 Å². The van der Waals surface area contributed by atoms with Crippen molar-refractivity contribution in [1.82, 2.24) is 0 Å². The van der Waals surface area contributed by atoms with Gasteiger partial charge in [-0.1, -0.05) is 12.2 Å². The van der Waals surface area contributed by atoms with Crippen LogP contribution in [0.25, 0.3) is 6.08 Å². The number of carbonyl (C=O) groups excluding carboxylic acids is 1. The molecule has 23 heavy (non-hydrogen) atoms. The van der Waals surface area contributed by atoms with Crippen molar-refractivity contribution in [2.75, 3.05) is 20.3 Å². The molecule has 0 heterocycles. The molecule has 0 fully saturated rings. The standard InChI is InChI=1S/C15H15IN2O4S/c1-3-21-12-6-9(4-10(7-17)15(18)23)5-11(16)14(12)22-8-13(19)20-2/h4-6H,3,8H2,1-2H3,(H2,18,23). The van der Waals surface area contributed by atoms with Gasteiger partial charge in [0, 0.05) is 0 Å². The van der Waals surface area contributed by atoms with E-state index in [1.54, 1.807) is 18.2 Å². The SMILES string of the molecule is CCOc1cc(C=C(C#N)C(N)=S)cc(I)c1OCC(=O)OC. The molecule has 0 aliphatic heterocycles. The minimum absolute atomic E-state index is 0.0199. The molecule has 0 aliphatic rings. The number of hydrogen-bond donors (Lipinski definition) is 1. The van der Waals surface area contributed by atoms with Crippen LogP contribution in [0.5, 0.6) is 11.5 Å². The lowest BCUT2D eigenvalue weighted by Crippen LogP contribution is -2.14. The summed E-state index contributed by atoms with van der Waals surface area (Å²) in [5, 5.41) is 9.03. The fourth-order valence-electron chi connectivity index (χ4n) is 1.59. The second kappa shape index (κ2) is 9.32. The molecule has 0 radical (unpaired) electrons. The smallest absolute Gasteiger partial charge is 0.343 e. The largest absolute Gasteiger partial charge is 0.490 e. The summed E-state index contributed by atoms with van der Waals surface area (Å²) in [5.41, 5.74) is 6.37. The van der Waals surface area contributed by atoms with Gasteiger partial charge in [0.2, 0.25) is 0 Å². The van der Waals surface area contributed by atoms with Crippen molar-refractivity contribution in [1.29, 1.82) is 5.26 Å². The molecule has 6 nitrogen and oxygen atoms in total. The maximum absolute atomic E-state index is 11.2. The number of carbonyl (C=O) groups is 1. The van der Waals surface area contributed by atoms with E-state index in [0.717, 1.165) is 0 Å². The first kappa shape index (κ1) is 19.2. The first-order chi connectivity index (χ1) is 10.9. The number of benzene rings is 1. The van der Waals surface area contributed by atoms with Crippen LogP contribution < -0.4 is 15.2 Å². The number of rotatable bonds is 7. The molecular weight excluding hydrogens is 431 g/mol. The normalized spacial score (nSPS) is 10.6. The van der Waals surface area contributed by atoms with E-state index < -0.39 is 5.97 Å². The molecule has 8 heteroatoms. The van der Waals surface area contributed by atoms with Gasteiger partial charge in [0.05, 0.1) is 22.9 Å². The number of nitrogens with zero attached hydrogens (tertiary/aromatic N) is 1. The maximum Gasteiger partial charge on any atom is 0.343 e. The fraction of sp³-hybridized carbons (Fsp3) is 0.267. The molecule has 0 spiro atoms. The van der Waals surface area contributed by atoms with Crippen molar-refractivity contribution in [3.63, 3.8) is 0 Å². The predicted molar refractivity (Wildman–Crippen MR) is 98.2 cm³/mol. The van der Waals surface area contributed by atoms with Crippen molar-refractivity contribution in [2.24, 2.45) is 5.73 Å². The van der Waals surface area contributed by atoms with Crippen LogP contribution in [0, 0.1) is 14.9 Å².